The van der Waals surface area contributed by atoms with Crippen LogP contribution in [0.4, 0.5) is 4.39 Å². The quantitative estimate of drug-likeness (QED) is 0.900. The highest BCUT2D eigenvalue weighted by atomic mass is 32.1. The molecular weight excluding hydrogens is 259 g/mol. The summed E-state index contributed by atoms with van der Waals surface area (Å²) in [7, 11) is 0. The predicted octanol–water partition coefficient (Wildman–Crippen LogP) is 3.79. The van der Waals surface area contributed by atoms with Crippen LogP contribution in [0.5, 0.6) is 0 Å². The molecule has 2 aromatic rings. The Morgan fingerprint density at radius 1 is 1.37 bits per heavy atom. The van der Waals surface area contributed by atoms with Gasteiger partial charge >= 0.3 is 0 Å². The van der Waals surface area contributed by atoms with Gasteiger partial charge in [0.2, 0.25) is 0 Å². The van der Waals surface area contributed by atoms with Crippen molar-refractivity contribution in [2.45, 2.75) is 33.2 Å². The Morgan fingerprint density at radius 2 is 2.16 bits per heavy atom. The molecule has 0 saturated heterocycles. The van der Waals surface area contributed by atoms with E-state index < -0.39 is 0 Å². The summed E-state index contributed by atoms with van der Waals surface area (Å²) in [5, 5.41) is 6.64. The Morgan fingerprint density at radius 3 is 2.74 bits per heavy atom. The van der Waals surface area contributed by atoms with Crippen LogP contribution in [0, 0.1) is 19.7 Å². The van der Waals surface area contributed by atoms with Crippen molar-refractivity contribution in [1.29, 1.82) is 0 Å². The van der Waals surface area contributed by atoms with Gasteiger partial charge in [0, 0.05) is 23.5 Å². The van der Waals surface area contributed by atoms with Crippen LogP contribution in [0.25, 0.3) is 0 Å². The second kappa shape index (κ2) is 6.26. The van der Waals surface area contributed by atoms with Crippen molar-refractivity contribution in [2.75, 3.05) is 6.54 Å². The molecule has 0 fully saturated rings. The zero-order valence-electron chi connectivity index (χ0n) is 11.5. The highest BCUT2D eigenvalue weighted by Gasteiger charge is 2.15. The molecule has 4 heteroatoms. The lowest BCUT2D eigenvalue weighted by atomic mass is 9.99. The van der Waals surface area contributed by atoms with Crippen molar-refractivity contribution in [3.05, 3.63) is 51.2 Å². The molecule has 0 amide bonds. The van der Waals surface area contributed by atoms with E-state index in [1.54, 1.807) is 17.4 Å². The molecule has 0 spiro atoms. The molecule has 1 aromatic carbocycles. The first kappa shape index (κ1) is 14.2. The topological polar surface area (TPSA) is 24.9 Å². The Labute approximate surface area is 117 Å². The molecule has 0 bridgehead atoms. The molecule has 1 aromatic heterocycles. The van der Waals surface area contributed by atoms with Crippen LogP contribution in [0.3, 0.4) is 0 Å². The van der Waals surface area contributed by atoms with E-state index in [4.69, 9.17) is 0 Å². The van der Waals surface area contributed by atoms with E-state index >= 15 is 0 Å². The minimum atomic E-state index is -0.179. The lowest BCUT2D eigenvalue weighted by molar-refractivity contribution is 0.543. The maximum atomic E-state index is 13.2. The number of aromatic nitrogens is 1. The van der Waals surface area contributed by atoms with Gasteiger partial charge in [0.1, 0.15) is 5.82 Å². The van der Waals surface area contributed by atoms with Crippen LogP contribution < -0.4 is 5.32 Å². The first-order chi connectivity index (χ1) is 9.10. The lowest BCUT2D eigenvalue weighted by Gasteiger charge is -2.19. The van der Waals surface area contributed by atoms with Gasteiger partial charge in [-0.15, -0.1) is 11.3 Å². The number of aryl methyl sites for hydroxylation is 2. The van der Waals surface area contributed by atoms with Crippen LogP contribution in [-0.2, 0) is 6.42 Å². The van der Waals surface area contributed by atoms with E-state index in [1.165, 1.54) is 6.07 Å². The van der Waals surface area contributed by atoms with Crippen molar-refractivity contribution in [2.24, 2.45) is 0 Å². The molecule has 0 saturated carbocycles. The van der Waals surface area contributed by atoms with Gasteiger partial charge in [0.15, 0.2) is 0 Å². The Balaban J connectivity index is 2.23. The van der Waals surface area contributed by atoms with Gasteiger partial charge in [-0.2, -0.15) is 0 Å². The lowest BCUT2D eigenvalue weighted by Crippen LogP contribution is -2.23. The monoisotopic (exact) mass is 278 g/mol. The van der Waals surface area contributed by atoms with Crippen molar-refractivity contribution >= 4 is 11.3 Å². The summed E-state index contributed by atoms with van der Waals surface area (Å²) >= 11 is 1.68. The molecule has 102 valence electrons. The second-order valence-corrected chi connectivity index (χ2v) is 5.64. The average Bonchev–Trinajstić information content (AvgIpc) is 2.74. The molecule has 2 nitrogen and oxygen atoms in total. The molecule has 1 unspecified atom stereocenters. The highest BCUT2D eigenvalue weighted by molar-refractivity contribution is 7.09. The van der Waals surface area contributed by atoms with Crippen LogP contribution >= 0.6 is 11.3 Å². The maximum absolute atomic E-state index is 13.2. The number of benzene rings is 1. The maximum Gasteiger partial charge on any atom is 0.123 e. The van der Waals surface area contributed by atoms with Crippen LogP contribution in [0.15, 0.2) is 23.6 Å². The average molecular weight is 278 g/mol. The molecule has 19 heavy (non-hydrogen) atoms. The summed E-state index contributed by atoms with van der Waals surface area (Å²) in [6.45, 7) is 6.92. The SMILES string of the molecule is CCNC(Cc1nc(C)cs1)c1ccc(F)cc1C. The molecule has 0 aliphatic carbocycles. The van der Waals surface area contributed by atoms with Crippen molar-refractivity contribution in [1.82, 2.24) is 10.3 Å². The van der Waals surface area contributed by atoms with Crippen molar-refractivity contribution < 1.29 is 4.39 Å². The number of likely N-dealkylation sites (N-methyl/N-ethyl adjacent to an activating group) is 1. The summed E-state index contributed by atoms with van der Waals surface area (Å²) in [6.07, 6.45) is 0.846. The number of hydrogen-bond acceptors (Lipinski definition) is 3. The van der Waals surface area contributed by atoms with Crippen molar-refractivity contribution in [3.63, 3.8) is 0 Å². The minimum absolute atomic E-state index is 0.179. The smallest absolute Gasteiger partial charge is 0.123 e. The van der Waals surface area contributed by atoms with Gasteiger partial charge < -0.3 is 5.32 Å². The number of hydrogen-bond donors (Lipinski definition) is 1. The molecule has 0 aliphatic heterocycles. The first-order valence-corrected chi connectivity index (χ1v) is 7.38. The molecule has 2 rings (SSSR count). The Kier molecular flexibility index (Phi) is 4.66. The highest BCUT2D eigenvalue weighted by Crippen LogP contribution is 2.24. The van der Waals surface area contributed by atoms with E-state index in [0.29, 0.717) is 0 Å². The minimum Gasteiger partial charge on any atom is -0.310 e. The number of nitrogens with one attached hydrogen (secondary N) is 1. The summed E-state index contributed by atoms with van der Waals surface area (Å²) in [5.41, 5.74) is 3.20. The Bertz CT molecular complexity index is 551. The fourth-order valence-electron chi connectivity index (χ4n) is 2.24. The van der Waals surface area contributed by atoms with Crippen LogP contribution in [0.2, 0.25) is 0 Å². The summed E-state index contributed by atoms with van der Waals surface area (Å²) in [6, 6.07) is 5.18. The fourth-order valence-corrected chi connectivity index (χ4v) is 3.06. The zero-order chi connectivity index (χ0) is 13.8. The number of halogens is 1. The van der Waals surface area contributed by atoms with Crippen molar-refractivity contribution in [3.8, 4) is 0 Å². The standard InChI is InChI=1S/C15H19FN2S/c1-4-17-14(8-15-18-11(3)9-19-15)13-6-5-12(16)7-10(13)2/h5-7,9,14,17H,4,8H2,1-3H3. The van der Waals surface area contributed by atoms with Gasteiger partial charge in [0.05, 0.1) is 5.01 Å². The van der Waals surface area contributed by atoms with Crippen LogP contribution in [0.1, 0.15) is 34.8 Å². The number of thiazole rings is 1. The Hall–Kier alpha value is -1.26. The number of rotatable bonds is 5. The molecule has 0 aliphatic rings. The summed E-state index contributed by atoms with van der Waals surface area (Å²) < 4.78 is 13.2. The zero-order valence-corrected chi connectivity index (χ0v) is 12.4. The van der Waals surface area contributed by atoms with E-state index in [1.807, 2.05) is 19.9 Å². The third-order valence-electron chi connectivity index (χ3n) is 3.10. The normalized spacial score (nSPS) is 12.6. The molecule has 1 N–H and O–H groups in total. The van der Waals surface area contributed by atoms with Gasteiger partial charge in [-0.25, -0.2) is 9.37 Å². The van der Waals surface area contributed by atoms with Gasteiger partial charge in [-0.3, -0.25) is 0 Å². The van der Waals surface area contributed by atoms with Gasteiger partial charge in [0.25, 0.3) is 0 Å². The first-order valence-electron chi connectivity index (χ1n) is 6.50. The van der Waals surface area contributed by atoms with Crippen LogP contribution in [-0.4, -0.2) is 11.5 Å². The van der Waals surface area contributed by atoms with Gasteiger partial charge in [-0.1, -0.05) is 13.0 Å². The molecular formula is C15H19FN2S. The predicted molar refractivity (Wildman–Crippen MR) is 78.1 cm³/mol. The number of nitrogens with zero attached hydrogens (tertiary/aromatic N) is 1. The fraction of sp³-hybridized carbons (Fsp3) is 0.400. The van der Waals surface area contributed by atoms with Gasteiger partial charge in [-0.05, 0) is 43.7 Å². The third-order valence-corrected chi connectivity index (χ3v) is 4.09. The van der Waals surface area contributed by atoms with E-state index in [0.717, 1.165) is 34.8 Å². The summed E-state index contributed by atoms with van der Waals surface area (Å²) in [5.74, 6) is -0.179. The second-order valence-electron chi connectivity index (χ2n) is 4.70. The molecule has 0 radical (unpaired) electrons. The largest absolute Gasteiger partial charge is 0.310 e. The third kappa shape index (κ3) is 3.61. The van der Waals surface area contributed by atoms with E-state index in [9.17, 15) is 4.39 Å². The van der Waals surface area contributed by atoms with E-state index in [2.05, 4.69) is 22.6 Å². The van der Waals surface area contributed by atoms with E-state index in [-0.39, 0.29) is 11.9 Å². The summed E-state index contributed by atoms with van der Waals surface area (Å²) in [4.78, 5) is 4.51. The molecule has 1 atom stereocenters. The molecule has 1 heterocycles.